The SMILES string of the molecule is c1ccc2sc(SON(C3CCCCC3)C3CCCCC3)nc2c1. The van der Waals surface area contributed by atoms with E-state index in [0.29, 0.717) is 12.1 Å². The summed E-state index contributed by atoms with van der Waals surface area (Å²) in [5.74, 6) is 0. The van der Waals surface area contributed by atoms with E-state index in [-0.39, 0.29) is 0 Å². The number of fused-ring (bicyclic) bond motifs is 1. The third-order valence-corrected chi connectivity index (χ3v) is 7.10. The molecule has 1 aromatic carbocycles. The van der Waals surface area contributed by atoms with Crippen LogP contribution in [0.1, 0.15) is 64.2 Å². The Kier molecular flexibility index (Phi) is 5.73. The van der Waals surface area contributed by atoms with Crippen molar-refractivity contribution in [3.8, 4) is 0 Å². The number of hydroxylamine groups is 2. The first-order chi connectivity index (χ1) is 11.9. The molecule has 4 rings (SSSR count). The summed E-state index contributed by atoms with van der Waals surface area (Å²) in [5, 5.41) is 2.37. The lowest BCUT2D eigenvalue weighted by Crippen LogP contribution is -2.43. The summed E-state index contributed by atoms with van der Waals surface area (Å²) in [5.41, 5.74) is 1.08. The highest BCUT2D eigenvalue weighted by Gasteiger charge is 2.30. The number of para-hydroxylation sites is 1. The van der Waals surface area contributed by atoms with E-state index in [9.17, 15) is 0 Å². The normalized spacial score (nSPS) is 20.9. The van der Waals surface area contributed by atoms with E-state index in [2.05, 4.69) is 23.3 Å². The van der Waals surface area contributed by atoms with Crippen molar-refractivity contribution >= 4 is 33.6 Å². The Hall–Kier alpha value is -0.620. The fraction of sp³-hybridized carbons (Fsp3) is 0.632. The van der Waals surface area contributed by atoms with E-state index >= 15 is 0 Å². The Labute approximate surface area is 153 Å². The van der Waals surface area contributed by atoms with Crippen molar-refractivity contribution in [2.45, 2.75) is 80.6 Å². The predicted octanol–water partition coefficient (Wildman–Crippen LogP) is 6.20. The minimum atomic E-state index is 0.601. The number of aromatic nitrogens is 1. The summed E-state index contributed by atoms with van der Waals surface area (Å²) in [6.07, 6.45) is 13.3. The lowest BCUT2D eigenvalue weighted by Gasteiger charge is -2.39. The number of hydrogen-bond donors (Lipinski definition) is 0. The van der Waals surface area contributed by atoms with Gasteiger partial charge in [-0.3, -0.25) is 0 Å². The molecule has 0 atom stereocenters. The van der Waals surface area contributed by atoms with Gasteiger partial charge in [-0.1, -0.05) is 50.7 Å². The van der Waals surface area contributed by atoms with Gasteiger partial charge in [0.1, 0.15) is 0 Å². The molecule has 0 unspecified atom stereocenters. The summed E-state index contributed by atoms with van der Waals surface area (Å²) >= 11 is 3.21. The molecule has 2 aliphatic rings. The highest BCUT2D eigenvalue weighted by atomic mass is 32.2. The highest BCUT2D eigenvalue weighted by Crippen LogP contribution is 2.36. The fourth-order valence-corrected chi connectivity index (χ4v) is 5.78. The van der Waals surface area contributed by atoms with Gasteiger partial charge < -0.3 is 0 Å². The van der Waals surface area contributed by atoms with Crippen LogP contribution in [0, 0.1) is 0 Å². The minimum absolute atomic E-state index is 0.601. The van der Waals surface area contributed by atoms with Crippen LogP contribution in [0.5, 0.6) is 0 Å². The molecule has 1 heterocycles. The standard InChI is InChI=1S/C19H26N2OS2/c1-3-9-15(10-4-1)21(16-11-5-2-6-12-16)22-24-19-20-17-13-7-8-14-18(17)23-19/h7-8,13-16H,1-6,9-12H2. The van der Waals surface area contributed by atoms with E-state index in [1.807, 2.05) is 6.07 Å². The lowest BCUT2D eigenvalue weighted by molar-refractivity contribution is -0.131. The second-order valence-electron chi connectivity index (χ2n) is 7.05. The molecular weight excluding hydrogens is 336 g/mol. The first-order valence-corrected chi connectivity index (χ1v) is 10.9. The lowest BCUT2D eigenvalue weighted by atomic mass is 9.90. The molecule has 3 nitrogen and oxygen atoms in total. The smallest absolute Gasteiger partial charge is 0.180 e. The largest absolute Gasteiger partial charge is 0.227 e. The molecule has 2 aromatic rings. The van der Waals surface area contributed by atoms with Crippen molar-refractivity contribution in [1.29, 1.82) is 0 Å². The average molecular weight is 363 g/mol. The zero-order valence-electron chi connectivity index (χ0n) is 14.2. The maximum absolute atomic E-state index is 6.33. The molecule has 2 saturated carbocycles. The van der Waals surface area contributed by atoms with Crippen molar-refractivity contribution < 1.29 is 4.28 Å². The zero-order chi connectivity index (χ0) is 16.2. The Morgan fingerprint density at radius 3 is 2.17 bits per heavy atom. The van der Waals surface area contributed by atoms with Gasteiger partial charge in [0, 0.05) is 12.1 Å². The summed E-state index contributed by atoms with van der Waals surface area (Å²) < 4.78 is 8.60. The second kappa shape index (κ2) is 8.17. The molecule has 0 spiro atoms. The summed E-state index contributed by atoms with van der Waals surface area (Å²) in [6.45, 7) is 0. The van der Waals surface area contributed by atoms with Crippen molar-refractivity contribution in [1.82, 2.24) is 10.0 Å². The highest BCUT2D eigenvalue weighted by molar-refractivity contribution is 7.96. The maximum atomic E-state index is 6.33. The van der Waals surface area contributed by atoms with E-state index < -0.39 is 0 Å². The Balaban J connectivity index is 1.45. The van der Waals surface area contributed by atoms with Gasteiger partial charge in [0.05, 0.1) is 22.3 Å². The molecule has 130 valence electrons. The van der Waals surface area contributed by atoms with Gasteiger partial charge in [-0.2, -0.15) is 5.06 Å². The quantitative estimate of drug-likeness (QED) is 0.467. The van der Waals surface area contributed by atoms with Gasteiger partial charge in [-0.05, 0) is 37.8 Å². The molecule has 0 amide bonds. The van der Waals surface area contributed by atoms with Gasteiger partial charge in [0.25, 0.3) is 0 Å². The summed E-state index contributed by atoms with van der Waals surface area (Å²) in [4.78, 5) is 4.70. The van der Waals surface area contributed by atoms with Crippen molar-refractivity contribution in [3.63, 3.8) is 0 Å². The van der Waals surface area contributed by atoms with Crippen LogP contribution in [0.15, 0.2) is 28.6 Å². The third-order valence-electron chi connectivity index (χ3n) is 5.34. The molecule has 0 bridgehead atoms. The van der Waals surface area contributed by atoms with Crippen LogP contribution in [0.25, 0.3) is 10.2 Å². The molecule has 0 radical (unpaired) electrons. The zero-order valence-corrected chi connectivity index (χ0v) is 15.8. The molecule has 5 heteroatoms. The predicted molar refractivity (Wildman–Crippen MR) is 102 cm³/mol. The molecule has 1 aromatic heterocycles. The molecule has 0 N–H and O–H groups in total. The van der Waals surface area contributed by atoms with E-state index in [4.69, 9.17) is 9.27 Å². The fourth-order valence-electron chi connectivity index (χ4n) is 4.05. The molecule has 0 saturated heterocycles. The monoisotopic (exact) mass is 362 g/mol. The summed E-state index contributed by atoms with van der Waals surface area (Å²) in [7, 11) is 0. The second-order valence-corrected chi connectivity index (χ2v) is 9.04. The first kappa shape index (κ1) is 16.8. The van der Waals surface area contributed by atoms with Crippen molar-refractivity contribution in [2.75, 3.05) is 0 Å². The number of hydrogen-bond acceptors (Lipinski definition) is 5. The van der Waals surface area contributed by atoms with E-state index in [1.165, 1.54) is 81.0 Å². The van der Waals surface area contributed by atoms with Crippen LogP contribution in [0.4, 0.5) is 0 Å². The van der Waals surface area contributed by atoms with Crippen molar-refractivity contribution in [2.24, 2.45) is 0 Å². The van der Waals surface area contributed by atoms with Crippen molar-refractivity contribution in [3.05, 3.63) is 24.3 Å². The first-order valence-electron chi connectivity index (χ1n) is 9.39. The number of benzene rings is 1. The van der Waals surface area contributed by atoms with Crippen LogP contribution in [-0.4, -0.2) is 22.1 Å². The van der Waals surface area contributed by atoms with Gasteiger partial charge in [-0.25, -0.2) is 9.27 Å². The molecule has 24 heavy (non-hydrogen) atoms. The van der Waals surface area contributed by atoms with Gasteiger partial charge in [0.15, 0.2) is 4.34 Å². The van der Waals surface area contributed by atoms with Crippen LogP contribution >= 0.6 is 23.4 Å². The Bertz CT molecular complexity index is 597. The minimum Gasteiger partial charge on any atom is -0.227 e. The van der Waals surface area contributed by atoms with E-state index in [1.54, 1.807) is 11.3 Å². The molecule has 2 fully saturated rings. The van der Waals surface area contributed by atoms with E-state index in [0.717, 1.165) is 9.86 Å². The Morgan fingerprint density at radius 1 is 0.917 bits per heavy atom. The average Bonchev–Trinajstić information content (AvgIpc) is 3.07. The van der Waals surface area contributed by atoms with Crippen LogP contribution in [0.3, 0.4) is 0 Å². The number of rotatable bonds is 5. The van der Waals surface area contributed by atoms with Gasteiger partial charge >= 0.3 is 0 Å². The van der Waals surface area contributed by atoms with Crippen LogP contribution in [-0.2, 0) is 4.28 Å². The molecule has 0 aliphatic heterocycles. The molecule has 2 aliphatic carbocycles. The Morgan fingerprint density at radius 2 is 1.54 bits per heavy atom. The van der Waals surface area contributed by atoms with Gasteiger partial charge in [-0.15, -0.1) is 11.3 Å². The summed E-state index contributed by atoms with van der Waals surface area (Å²) in [6, 6.07) is 9.54. The van der Waals surface area contributed by atoms with Gasteiger partial charge in [0.2, 0.25) is 0 Å². The molecular formula is C19H26N2OS2. The van der Waals surface area contributed by atoms with Crippen LogP contribution < -0.4 is 0 Å². The van der Waals surface area contributed by atoms with Crippen LogP contribution in [0.2, 0.25) is 0 Å². The topological polar surface area (TPSA) is 25.4 Å². The third kappa shape index (κ3) is 3.96. The number of nitrogens with zero attached hydrogens (tertiary/aromatic N) is 2. The number of thiazole rings is 1. The maximum Gasteiger partial charge on any atom is 0.180 e.